The van der Waals surface area contributed by atoms with E-state index in [1.165, 1.54) is 0 Å². The van der Waals surface area contributed by atoms with Crippen LogP contribution in [0.1, 0.15) is 5.56 Å². The summed E-state index contributed by atoms with van der Waals surface area (Å²) in [6.07, 6.45) is 1.62. The molecule has 1 heterocycles. The van der Waals surface area contributed by atoms with E-state index in [1.807, 2.05) is 14.1 Å². The van der Waals surface area contributed by atoms with Crippen molar-refractivity contribution in [3.63, 3.8) is 0 Å². The van der Waals surface area contributed by atoms with Crippen LogP contribution in [-0.4, -0.2) is 35.1 Å². The number of carboxylic acids is 1. The van der Waals surface area contributed by atoms with E-state index < -0.39 is 5.97 Å². The van der Waals surface area contributed by atoms with Crippen molar-refractivity contribution in [2.45, 2.75) is 6.42 Å². The SMILES string of the molecule is CN(C)c1nccc(Oc2ccc(CC(=O)O)cc2)n1. The lowest BCUT2D eigenvalue weighted by molar-refractivity contribution is -0.136. The average molecular weight is 273 g/mol. The maximum absolute atomic E-state index is 10.6. The van der Waals surface area contributed by atoms with Gasteiger partial charge >= 0.3 is 5.97 Å². The minimum absolute atomic E-state index is 0.00142. The molecule has 20 heavy (non-hydrogen) atoms. The first-order valence-electron chi connectivity index (χ1n) is 6.03. The molecule has 0 atom stereocenters. The number of hydrogen-bond acceptors (Lipinski definition) is 5. The van der Waals surface area contributed by atoms with Crippen LogP contribution in [0, 0.1) is 0 Å². The lowest BCUT2D eigenvalue weighted by atomic mass is 10.1. The molecule has 1 aromatic heterocycles. The van der Waals surface area contributed by atoms with Gasteiger partial charge in [0.05, 0.1) is 6.42 Å². The molecule has 0 aliphatic heterocycles. The van der Waals surface area contributed by atoms with Gasteiger partial charge in [-0.3, -0.25) is 4.79 Å². The molecule has 0 spiro atoms. The topological polar surface area (TPSA) is 75.6 Å². The molecule has 0 aliphatic carbocycles. The normalized spacial score (nSPS) is 10.1. The van der Waals surface area contributed by atoms with Crippen molar-refractivity contribution in [3.05, 3.63) is 42.1 Å². The van der Waals surface area contributed by atoms with Crippen molar-refractivity contribution >= 4 is 11.9 Å². The van der Waals surface area contributed by atoms with Gasteiger partial charge < -0.3 is 14.7 Å². The minimum atomic E-state index is -0.856. The van der Waals surface area contributed by atoms with Crippen LogP contribution in [0.15, 0.2) is 36.5 Å². The van der Waals surface area contributed by atoms with E-state index in [9.17, 15) is 4.79 Å². The summed E-state index contributed by atoms with van der Waals surface area (Å²) in [5, 5.41) is 8.70. The van der Waals surface area contributed by atoms with Crippen molar-refractivity contribution in [3.8, 4) is 11.6 Å². The van der Waals surface area contributed by atoms with Crippen molar-refractivity contribution in [2.24, 2.45) is 0 Å². The van der Waals surface area contributed by atoms with Gasteiger partial charge in [-0.15, -0.1) is 0 Å². The summed E-state index contributed by atoms with van der Waals surface area (Å²) in [5.41, 5.74) is 0.724. The minimum Gasteiger partial charge on any atom is -0.481 e. The Balaban J connectivity index is 2.10. The fourth-order valence-corrected chi connectivity index (χ4v) is 1.58. The second-order valence-electron chi connectivity index (χ2n) is 4.41. The summed E-state index contributed by atoms with van der Waals surface area (Å²) in [7, 11) is 3.69. The van der Waals surface area contributed by atoms with Crippen LogP contribution in [-0.2, 0) is 11.2 Å². The van der Waals surface area contributed by atoms with Crippen LogP contribution in [0.2, 0.25) is 0 Å². The number of benzene rings is 1. The predicted molar refractivity (Wildman–Crippen MR) is 74.2 cm³/mol. The van der Waals surface area contributed by atoms with E-state index >= 15 is 0 Å². The first-order valence-corrected chi connectivity index (χ1v) is 6.03. The van der Waals surface area contributed by atoms with Crippen LogP contribution in [0.4, 0.5) is 5.95 Å². The molecule has 2 aromatic rings. The average Bonchev–Trinajstić information content (AvgIpc) is 2.41. The second-order valence-corrected chi connectivity index (χ2v) is 4.41. The number of ether oxygens (including phenoxy) is 1. The number of anilines is 1. The molecule has 2 rings (SSSR count). The molecule has 0 aliphatic rings. The summed E-state index contributed by atoms with van der Waals surface area (Å²) >= 11 is 0. The van der Waals surface area contributed by atoms with Gasteiger partial charge in [0, 0.05) is 26.4 Å². The fraction of sp³-hybridized carbons (Fsp3) is 0.214. The summed E-state index contributed by atoms with van der Waals surface area (Å²) < 4.78 is 5.60. The van der Waals surface area contributed by atoms with Crippen molar-refractivity contribution in [1.82, 2.24) is 9.97 Å². The fourth-order valence-electron chi connectivity index (χ4n) is 1.58. The Morgan fingerprint density at radius 2 is 1.95 bits per heavy atom. The highest BCUT2D eigenvalue weighted by atomic mass is 16.5. The highest BCUT2D eigenvalue weighted by Gasteiger charge is 2.04. The molecule has 0 radical (unpaired) electrons. The number of aromatic nitrogens is 2. The molecule has 1 aromatic carbocycles. The third-order valence-corrected chi connectivity index (χ3v) is 2.52. The van der Waals surface area contributed by atoms with E-state index in [4.69, 9.17) is 9.84 Å². The maximum Gasteiger partial charge on any atom is 0.307 e. The molecule has 0 saturated carbocycles. The van der Waals surface area contributed by atoms with Crippen LogP contribution < -0.4 is 9.64 Å². The quantitative estimate of drug-likeness (QED) is 0.897. The molecular formula is C14H15N3O3. The Hall–Kier alpha value is -2.63. The molecule has 0 saturated heterocycles. The van der Waals surface area contributed by atoms with E-state index in [-0.39, 0.29) is 6.42 Å². The van der Waals surface area contributed by atoms with Gasteiger partial charge in [-0.25, -0.2) is 4.98 Å². The zero-order chi connectivity index (χ0) is 14.5. The van der Waals surface area contributed by atoms with E-state index in [0.717, 1.165) is 5.56 Å². The number of carbonyl (C=O) groups is 1. The predicted octanol–water partition coefficient (Wildman–Crippen LogP) is 1.96. The molecule has 0 unspecified atom stereocenters. The third-order valence-electron chi connectivity index (χ3n) is 2.52. The number of hydrogen-bond donors (Lipinski definition) is 1. The van der Waals surface area contributed by atoms with Gasteiger partial charge in [0.15, 0.2) is 0 Å². The maximum atomic E-state index is 10.6. The first-order chi connectivity index (χ1) is 9.54. The summed E-state index contributed by atoms with van der Waals surface area (Å²) in [6.45, 7) is 0. The number of rotatable bonds is 5. The molecule has 6 heteroatoms. The van der Waals surface area contributed by atoms with Crippen molar-refractivity contribution < 1.29 is 14.6 Å². The highest BCUT2D eigenvalue weighted by Crippen LogP contribution is 2.20. The Kier molecular flexibility index (Phi) is 4.14. The number of carboxylic acid groups (broad SMARTS) is 1. The summed E-state index contributed by atoms with van der Waals surface area (Å²) in [6, 6.07) is 8.54. The van der Waals surface area contributed by atoms with Crippen molar-refractivity contribution in [1.29, 1.82) is 0 Å². The van der Waals surface area contributed by atoms with E-state index in [0.29, 0.717) is 17.6 Å². The Labute approximate surface area is 116 Å². The monoisotopic (exact) mass is 273 g/mol. The molecule has 0 bridgehead atoms. The molecule has 0 fully saturated rings. The molecule has 104 valence electrons. The standard InChI is InChI=1S/C14H15N3O3/c1-17(2)14-15-8-7-12(16-14)20-11-5-3-10(4-6-11)9-13(18)19/h3-8H,9H2,1-2H3,(H,18,19). The van der Waals surface area contributed by atoms with Crippen LogP contribution in [0.25, 0.3) is 0 Å². The zero-order valence-electron chi connectivity index (χ0n) is 11.3. The molecule has 1 N–H and O–H groups in total. The van der Waals surface area contributed by atoms with Gasteiger partial charge in [-0.05, 0) is 17.7 Å². The van der Waals surface area contributed by atoms with Gasteiger partial charge in [-0.2, -0.15) is 4.98 Å². The lowest BCUT2D eigenvalue weighted by Crippen LogP contribution is -2.12. The highest BCUT2D eigenvalue weighted by molar-refractivity contribution is 5.70. The summed E-state index contributed by atoms with van der Waals surface area (Å²) in [5.74, 6) is 0.743. The number of nitrogens with zero attached hydrogens (tertiary/aromatic N) is 3. The van der Waals surface area contributed by atoms with Crippen LogP contribution in [0.5, 0.6) is 11.6 Å². The Morgan fingerprint density at radius 3 is 2.55 bits per heavy atom. The third kappa shape index (κ3) is 3.68. The van der Waals surface area contributed by atoms with Gasteiger partial charge in [0.25, 0.3) is 0 Å². The lowest BCUT2D eigenvalue weighted by Gasteiger charge is -2.11. The Morgan fingerprint density at radius 1 is 1.25 bits per heavy atom. The molecular weight excluding hydrogens is 258 g/mol. The van der Waals surface area contributed by atoms with Gasteiger partial charge in [-0.1, -0.05) is 12.1 Å². The first kappa shape index (κ1) is 13.8. The van der Waals surface area contributed by atoms with E-state index in [2.05, 4.69) is 9.97 Å². The van der Waals surface area contributed by atoms with Gasteiger partial charge in [0.2, 0.25) is 11.8 Å². The molecule has 0 amide bonds. The number of aliphatic carboxylic acids is 1. The smallest absolute Gasteiger partial charge is 0.307 e. The van der Waals surface area contributed by atoms with Gasteiger partial charge in [0.1, 0.15) is 5.75 Å². The van der Waals surface area contributed by atoms with E-state index in [1.54, 1.807) is 41.4 Å². The van der Waals surface area contributed by atoms with Crippen LogP contribution >= 0.6 is 0 Å². The second kappa shape index (κ2) is 6.01. The largest absolute Gasteiger partial charge is 0.481 e. The zero-order valence-corrected chi connectivity index (χ0v) is 11.3. The molecule has 6 nitrogen and oxygen atoms in total. The van der Waals surface area contributed by atoms with Crippen molar-refractivity contribution in [2.75, 3.05) is 19.0 Å². The Bertz CT molecular complexity index is 597. The summed E-state index contributed by atoms with van der Waals surface area (Å²) in [4.78, 5) is 20.7. The van der Waals surface area contributed by atoms with Crippen LogP contribution in [0.3, 0.4) is 0 Å².